The van der Waals surface area contributed by atoms with Crippen molar-refractivity contribution in [3.05, 3.63) is 58.3 Å². The summed E-state index contributed by atoms with van der Waals surface area (Å²) in [5.74, 6) is 0.636. The zero-order valence-corrected chi connectivity index (χ0v) is 13.5. The Bertz CT molecular complexity index is 643. The standard InChI is InChI=1S/C16H16N2O2S2/c19-14(11-18-8-10-22-16(18)20)17-15(13-7-4-9-21-13)12-5-2-1-3-6-12/h1-7,9,15H,8,10-11H2,(H,17,19)/t15-/m0/s1. The van der Waals surface area contributed by atoms with Crippen molar-refractivity contribution in [2.75, 3.05) is 18.8 Å². The molecule has 3 rings (SSSR count). The van der Waals surface area contributed by atoms with E-state index >= 15 is 0 Å². The molecule has 1 N–H and O–H groups in total. The second-order valence-corrected chi connectivity index (χ2v) is 6.99. The molecular formula is C16H16N2O2S2. The van der Waals surface area contributed by atoms with E-state index in [2.05, 4.69) is 5.32 Å². The first-order valence-electron chi connectivity index (χ1n) is 7.03. The summed E-state index contributed by atoms with van der Waals surface area (Å²) in [6.07, 6.45) is 0. The van der Waals surface area contributed by atoms with Crippen LogP contribution in [0, 0.1) is 0 Å². The van der Waals surface area contributed by atoms with Gasteiger partial charge in [-0.1, -0.05) is 48.2 Å². The molecule has 0 unspecified atom stereocenters. The number of amides is 2. The van der Waals surface area contributed by atoms with Gasteiger partial charge in [-0.3, -0.25) is 9.59 Å². The topological polar surface area (TPSA) is 49.4 Å². The van der Waals surface area contributed by atoms with Crippen LogP contribution in [0.5, 0.6) is 0 Å². The molecule has 1 aromatic heterocycles. The molecule has 1 aliphatic heterocycles. The number of nitrogens with one attached hydrogen (secondary N) is 1. The van der Waals surface area contributed by atoms with Gasteiger partial charge in [-0.25, -0.2) is 0 Å². The lowest BCUT2D eigenvalue weighted by molar-refractivity contribution is -0.122. The second kappa shape index (κ2) is 6.98. The summed E-state index contributed by atoms with van der Waals surface area (Å²) in [7, 11) is 0. The van der Waals surface area contributed by atoms with Gasteiger partial charge in [0.25, 0.3) is 5.24 Å². The Labute approximate surface area is 137 Å². The third-order valence-electron chi connectivity index (χ3n) is 3.45. The van der Waals surface area contributed by atoms with Crippen molar-refractivity contribution in [1.29, 1.82) is 0 Å². The van der Waals surface area contributed by atoms with Gasteiger partial charge >= 0.3 is 0 Å². The van der Waals surface area contributed by atoms with Crippen molar-refractivity contribution in [3.8, 4) is 0 Å². The van der Waals surface area contributed by atoms with Gasteiger partial charge in [0.2, 0.25) is 5.91 Å². The van der Waals surface area contributed by atoms with Gasteiger partial charge in [0.1, 0.15) is 6.54 Å². The van der Waals surface area contributed by atoms with Crippen LogP contribution in [0.1, 0.15) is 16.5 Å². The summed E-state index contributed by atoms with van der Waals surface area (Å²) in [5, 5.41) is 5.04. The molecule has 2 heterocycles. The highest BCUT2D eigenvalue weighted by atomic mass is 32.2. The minimum absolute atomic E-state index is 0.0115. The Morgan fingerprint density at radius 2 is 2.05 bits per heavy atom. The van der Waals surface area contributed by atoms with Crippen LogP contribution in [-0.2, 0) is 4.79 Å². The molecule has 1 aliphatic rings. The highest BCUT2D eigenvalue weighted by Gasteiger charge is 2.25. The van der Waals surface area contributed by atoms with Crippen LogP contribution in [0.3, 0.4) is 0 Å². The summed E-state index contributed by atoms with van der Waals surface area (Å²) in [4.78, 5) is 26.6. The summed E-state index contributed by atoms with van der Waals surface area (Å²) in [6, 6.07) is 13.7. The van der Waals surface area contributed by atoms with Crippen LogP contribution in [0.15, 0.2) is 47.8 Å². The number of thiophene rings is 1. The van der Waals surface area contributed by atoms with E-state index in [0.717, 1.165) is 16.2 Å². The van der Waals surface area contributed by atoms with Crippen molar-refractivity contribution in [2.24, 2.45) is 0 Å². The molecule has 1 fully saturated rings. The molecule has 0 saturated carbocycles. The van der Waals surface area contributed by atoms with Crippen LogP contribution >= 0.6 is 23.1 Å². The number of benzene rings is 1. The number of hydrogen-bond acceptors (Lipinski definition) is 4. The maximum Gasteiger partial charge on any atom is 0.282 e. The van der Waals surface area contributed by atoms with E-state index in [1.165, 1.54) is 11.8 Å². The Hall–Kier alpha value is -1.79. The average Bonchev–Trinajstić information content (AvgIpc) is 3.18. The fraction of sp³-hybridized carbons (Fsp3) is 0.250. The van der Waals surface area contributed by atoms with E-state index in [1.807, 2.05) is 47.8 Å². The molecule has 0 aliphatic carbocycles. The zero-order chi connectivity index (χ0) is 15.4. The lowest BCUT2D eigenvalue weighted by atomic mass is 10.1. The van der Waals surface area contributed by atoms with Gasteiger partial charge in [0.05, 0.1) is 6.04 Å². The normalized spacial score (nSPS) is 15.8. The molecule has 1 atom stereocenters. The quantitative estimate of drug-likeness (QED) is 0.915. The third kappa shape index (κ3) is 3.51. The molecule has 1 saturated heterocycles. The minimum atomic E-state index is -0.168. The van der Waals surface area contributed by atoms with Crippen molar-refractivity contribution >= 4 is 34.2 Å². The summed E-state index contributed by atoms with van der Waals surface area (Å²) in [6.45, 7) is 0.770. The molecule has 2 amide bonds. The molecule has 4 nitrogen and oxygen atoms in total. The van der Waals surface area contributed by atoms with Crippen molar-refractivity contribution in [2.45, 2.75) is 6.04 Å². The summed E-state index contributed by atoms with van der Waals surface area (Å²) < 4.78 is 0. The molecule has 22 heavy (non-hydrogen) atoms. The predicted octanol–water partition coefficient (Wildman–Crippen LogP) is 3.12. The Balaban J connectivity index is 1.73. The van der Waals surface area contributed by atoms with E-state index in [4.69, 9.17) is 0 Å². The van der Waals surface area contributed by atoms with Crippen molar-refractivity contribution in [1.82, 2.24) is 10.2 Å². The average molecular weight is 332 g/mol. The monoisotopic (exact) mass is 332 g/mol. The van der Waals surface area contributed by atoms with Gasteiger partial charge in [0.15, 0.2) is 0 Å². The molecule has 1 aromatic carbocycles. The Kier molecular flexibility index (Phi) is 4.80. The van der Waals surface area contributed by atoms with Crippen molar-refractivity contribution in [3.63, 3.8) is 0 Å². The molecule has 0 spiro atoms. The molecule has 0 bridgehead atoms. The fourth-order valence-corrected chi connectivity index (χ4v) is 4.00. The maximum absolute atomic E-state index is 12.3. The Morgan fingerprint density at radius 3 is 2.68 bits per heavy atom. The summed E-state index contributed by atoms with van der Waals surface area (Å²) >= 11 is 2.88. The highest BCUT2D eigenvalue weighted by molar-refractivity contribution is 8.13. The first-order valence-corrected chi connectivity index (χ1v) is 8.90. The smallest absolute Gasteiger partial charge is 0.282 e. The predicted molar refractivity (Wildman–Crippen MR) is 90.2 cm³/mol. The van der Waals surface area contributed by atoms with E-state index in [1.54, 1.807) is 16.2 Å². The number of nitrogens with zero attached hydrogens (tertiary/aromatic N) is 1. The van der Waals surface area contributed by atoms with Gasteiger partial charge in [-0.05, 0) is 17.0 Å². The number of thioether (sulfide) groups is 1. The maximum atomic E-state index is 12.3. The first-order chi connectivity index (χ1) is 10.7. The first kappa shape index (κ1) is 15.1. The largest absolute Gasteiger partial charge is 0.343 e. The van der Waals surface area contributed by atoms with Crippen LogP contribution in [0.2, 0.25) is 0 Å². The number of carbonyl (C=O) groups is 2. The van der Waals surface area contributed by atoms with Crippen LogP contribution in [0.4, 0.5) is 4.79 Å². The third-order valence-corrected chi connectivity index (χ3v) is 5.27. The SMILES string of the molecule is O=C(CN1CCSC1=O)N[C@@H](c1ccccc1)c1cccs1. The lowest BCUT2D eigenvalue weighted by Gasteiger charge is -2.20. The lowest BCUT2D eigenvalue weighted by Crippen LogP contribution is -2.39. The molecule has 2 aromatic rings. The number of carbonyl (C=O) groups excluding carboxylic acids is 2. The molecular weight excluding hydrogens is 316 g/mol. The zero-order valence-electron chi connectivity index (χ0n) is 11.9. The van der Waals surface area contributed by atoms with Crippen LogP contribution in [-0.4, -0.2) is 34.9 Å². The molecule has 114 valence electrons. The van der Waals surface area contributed by atoms with Crippen molar-refractivity contribution < 1.29 is 9.59 Å². The highest BCUT2D eigenvalue weighted by Crippen LogP contribution is 2.26. The van der Waals surface area contributed by atoms with Gasteiger partial charge < -0.3 is 10.2 Å². The minimum Gasteiger partial charge on any atom is -0.343 e. The summed E-state index contributed by atoms with van der Waals surface area (Å²) in [5.41, 5.74) is 1.04. The fourth-order valence-electron chi connectivity index (χ4n) is 2.37. The molecule has 0 radical (unpaired) electrons. The number of hydrogen-bond donors (Lipinski definition) is 1. The van der Waals surface area contributed by atoms with E-state index in [9.17, 15) is 9.59 Å². The van der Waals surface area contributed by atoms with Crippen LogP contribution in [0.25, 0.3) is 0 Å². The molecule has 6 heteroatoms. The number of rotatable bonds is 5. The second-order valence-electron chi connectivity index (χ2n) is 4.96. The Morgan fingerprint density at radius 1 is 1.23 bits per heavy atom. The van der Waals surface area contributed by atoms with Crippen LogP contribution < -0.4 is 5.32 Å². The van der Waals surface area contributed by atoms with Gasteiger partial charge in [-0.15, -0.1) is 11.3 Å². The van der Waals surface area contributed by atoms with Gasteiger partial charge in [0, 0.05) is 17.2 Å². The van der Waals surface area contributed by atoms with E-state index in [0.29, 0.717) is 6.54 Å². The van der Waals surface area contributed by atoms with Gasteiger partial charge in [-0.2, -0.15) is 0 Å². The van der Waals surface area contributed by atoms with E-state index in [-0.39, 0.29) is 23.7 Å². The van der Waals surface area contributed by atoms with E-state index < -0.39 is 0 Å².